The van der Waals surface area contributed by atoms with Crippen molar-refractivity contribution in [3.05, 3.63) is 12.7 Å². The van der Waals surface area contributed by atoms with E-state index >= 15 is 0 Å². The maximum absolute atomic E-state index is 10.8. The van der Waals surface area contributed by atoms with E-state index in [2.05, 4.69) is 34.3 Å². The van der Waals surface area contributed by atoms with E-state index in [0.29, 0.717) is 17.9 Å². The smallest absolute Gasteiger partial charge is 0.330 e. The van der Waals surface area contributed by atoms with Crippen LogP contribution in [0.5, 0.6) is 0 Å². The monoisotopic (exact) mass is 198 g/mol. The van der Waals surface area contributed by atoms with Crippen molar-refractivity contribution in [1.29, 1.82) is 0 Å². The van der Waals surface area contributed by atoms with E-state index in [9.17, 15) is 4.79 Å². The van der Waals surface area contributed by atoms with Crippen LogP contribution in [-0.2, 0) is 9.53 Å². The third-order valence-electron chi connectivity index (χ3n) is 2.53. The van der Waals surface area contributed by atoms with Crippen LogP contribution in [0.4, 0.5) is 0 Å². The van der Waals surface area contributed by atoms with E-state index in [1.165, 1.54) is 6.08 Å². The minimum Gasteiger partial charge on any atom is -0.462 e. The summed E-state index contributed by atoms with van der Waals surface area (Å²) in [4.78, 5) is 10.8. The van der Waals surface area contributed by atoms with Crippen LogP contribution < -0.4 is 0 Å². The largest absolute Gasteiger partial charge is 0.462 e. The van der Waals surface area contributed by atoms with Crippen LogP contribution in [0, 0.1) is 11.3 Å². The Bertz CT molecular complexity index is 194. The fraction of sp³-hybridized carbons (Fsp3) is 0.750. The fourth-order valence-corrected chi connectivity index (χ4v) is 1.43. The van der Waals surface area contributed by atoms with Crippen LogP contribution in [0.15, 0.2) is 12.7 Å². The number of hydrogen-bond acceptors (Lipinski definition) is 2. The van der Waals surface area contributed by atoms with Crippen LogP contribution in [0.25, 0.3) is 0 Å². The van der Waals surface area contributed by atoms with Gasteiger partial charge in [-0.25, -0.2) is 4.79 Å². The maximum atomic E-state index is 10.8. The van der Waals surface area contributed by atoms with E-state index in [1.807, 2.05) is 0 Å². The first kappa shape index (κ1) is 13.2. The Morgan fingerprint density at radius 3 is 2.57 bits per heavy atom. The van der Waals surface area contributed by atoms with E-state index < -0.39 is 0 Å². The maximum Gasteiger partial charge on any atom is 0.330 e. The Labute approximate surface area is 87.3 Å². The Kier molecular flexibility index (Phi) is 5.51. The molecule has 1 unspecified atom stereocenters. The zero-order valence-electron chi connectivity index (χ0n) is 9.80. The molecule has 14 heavy (non-hydrogen) atoms. The summed E-state index contributed by atoms with van der Waals surface area (Å²) in [5, 5.41) is 0. The first-order valence-corrected chi connectivity index (χ1v) is 5.20. The van der Waals surface area contributed by atoms with Gasteiger partial charge < -0.3 is 4.74 Å². The molecule has 0 rings (SSSR count). The summed E-state index contributed by atoms with van der Waals surface area (Å²) < 4.78 is 4.99. The molecule has 0 radical (unpaired) electrons. The zero-order chi connectivity index (χ0) is 11.2. The van der Waals surface area contributed by atoms with Crippen molar-refractivity contribution in [1.82, 2.24) is 0 Å². The molecule has 0 heterocycles. The number of hydrogen-bond donors (Lipinski definition) is 0. The van der Waals surface area contributed by atoms with E-state index in [0.717, 1.165) is 12.8 Å². The number of carbonyl (C=O) groups is 1. The van der Waals surface area contributed by atoms with Gasteiger partial charge >= 0.3 is 5.97 Å². The molecule has 2 nitrogen and oxygen atoms in total. The van der Waals surface area contributed by atoms with Crippen molar-refractivity contribution >= 4 is 5.97 Å². The van der Waals surface area contributed by atoms with Crippen molar-refractivity contribution in [3.63, 3.8) is 0 Å². The molecule has 0 spiro atoms. The molecular formula is C12H22O2. The van der Waals surface area contributed by atoms with Crippen molar-refractivity contribution in [3.8, 4) is 0 Å². The molecule has 1 atom stereocenters. The molecule has 0 aliphatic heterocycles. The van der Waals surface area contributed by atoms with Gasteiger partial charge in [-0.05, 0) is 17.8 Å². The van der Waals surface area contributed by atoms with Crippen LogP contribution in [0.3, 0.4) is 0 Å². The SMILES string of the molecule is C=CC(=O)OCC(C)CC(C)(C)CC. The van der Waals surface area contributed by atoms with Crippen molar-refractivity contribution < 1.29 is 9.53 Å². The van der Waals surface area contributed by atoms with Gasteiger partial charge in [-0.15, -0.1) is 0 Å². The predicted octanol–water partition coefficient (Wildman–Crippen LogP) is 3.18. The minimum absolute atomic E-state index is 0.328. The molecule has 0 aliphatic carbocycles. The van der Waals surface area contributed by atoms with Gasteiger partial charge in [0.15, 0.2) is 0 Å². The molecule has 0 saturated heterocycles. The molecule has 0 aromatic heterocycles. The molecule has 2 heteroatoms. The molecule has 0 aromatic rings. The van der Waals surface area contributed by atoms with E-state index in [4.69, 9.17) is 4.74 Å². The van der Waals surface area contributed by atoms with Crippen molar-refractivity contribution in [2.45, 2.75) is 40.5 Å². The summed E-state index contributed by atoms with van der Waals surface area (Å²) >= 11 is 0. The van der Waals surface area contributed by atoms with Gasteiger partial charge in [-0.2, -0.15) is 0 Å². The Balaban J connectivity index is 3.81. The third kappa shape index (κ3) is 5.79. The summed E-state index contributed by atoms with van der Waals surface area (Å²) in [5.41, 5.74) is 0.333. The standard InChI is InChI=1S/C12H22O2/c1-6-11(13)14-9-10(3)8-12(4,5)7-2/h6,10H,1,7-9H2,2-5H3. The minimum atomic E-state index is -0.328. The second kappa shape index (κ2) is 5.84. The second-order valence-corrected chi connectivity index (χ2v) is 4.66. The van der Waals surface area contributed by atoms with Gasteiger partial charge in [0.2, 0.25) is 0 Å². The van der Waals surface area contributed by atoms with Gasteiger partial charge in [0.1, 0.15) is 0 Å². The molecule has 0 bridgehead atoms. The summed E-state index contributed by atoms with van der Waals surface area (Å²) in [6, 6.07) is 0. The van der Waals surface area contributed by atoms with Gasteiger partial charge in [0.25, 0.3) is 0 Å². The summed E-state index contributed by atoms with van der Waals surface area (Å²) in [7, 11) is 0. The highest BCUT2D eigenvalue weighted by molar-refractivity contribution is 5.81. The molecule has 0 aliphatic rings. The van der Waals surface area contributed by atoms with Crippen LogP contribution in [0.2, 0.25) is 0 Å². The molecule has 82 valence electrons. The lowest BCUT2D eigenvalue weighted by atomic mass is 9.81. The average molecular weight is 198 g/mol. The van der Waals surface area contributed by atoms with Gasteiger partial charge in [-0.1, -0.05) is 40.7 Å². The van der Waals surface area contributed by atoms with Crippen molar-refractivity contribution in [2.24, 2.45) is 11.3 Å². The van der Waals surface area contributed by atoms with Gasteiger partial charge in [0, 0.05) is 6.08 Å². The highest BCUT2D eigenvalue weighted by Crippen LogP contribution is 2.28. The van der Waals surface area contributed by atoms with E-state index in [1.54, 1.807) is 0 Å². The molecule has 0 aromatic carbocycles. The molecule has 0 fully saturated rings. The lowest BCUT2D eigenvalue weighted by Crippen LogP contribution is -2.18. The second-order valence-electron chi connectivity index (χ2n) is 4.66. The third-order valence-corrected chi connectivity index (χ3v) is 2.53. The van der Waals surface area contributed by atoms with Gasteiger partial charge in [-0.3, -0.25) is 0 Å². The highest BCUT2D eigenvalue weighted by atomic mass is 16.5. The number of ether oxygens (including phenoxy) is 1. The molecule has 0 amide bonds. The van der Waals surface area contributed by atoms with E-state index in [-0.39, 0.29) is 5.97 Å². The van der Waals surface area contributed by atoms with Crippen molar-refractivity contribution in [2.75, 3.05) is 6.61 Å². The van der Waals surface area contributed by atoms with Crippen LogP contribution in [0.1, 0.15) is 40.5 Å². The van der Waals surface area contributed by atoms with Crippen LogP contribution >= 0.6 is 0 Å². The lowest BCUT2D eigenvalue weighted by molar-refractivity contribution is -0.139. The number of esters is 1. The number of carbonyl (C=O) groups excluding carboxylic acids is 1. The first-order chi connectivity index (χ1) is 6.41. The van der Waals surface area contributed by atoms with Gasteiger partial charge in [0.05, 0.1) is 6.61 Å². The first-order valence-electron chi connectivity index (χ1n) is 5.20. The summed E-state index contributed by atoms with van der Waals surface area (Å²) in [5.74, 6) is 0.0833. The number of rotatable bonds is 6. The summed E-state index contributed by atoms with van der Waals surface area (Å²) in [6.07, 6.45) is 3.43. The fourth-order valence-electron chi connectivity index (χ4n) is 1.43. The Hall–Kier alpha value is -0.790. The topological polar surface area (TPSA) is 26.3 Å². The zero-order valence-corrected chi connectivity index (χ0v) is 9.80. The quantitative estimate of drug-likeness (QED) is 0.484. The Morgan fingerprint density at radius 1 is 1.57 bits per heavy atom. The molecular weight excluding hydrogens is 176 g/mol. The molecule has 0 saturated carbocycles. The van der Waals surface area contributed by atoms with Crippen LogP contribution in [-0.4, -0.2) is 12.6 Å². The summed E-state index contributed by atoms with van der Waals surface area (Å²) in [6.45, 7) is 12.6. The lowest BCUT2D eigenvalue weighted by Gasteiger charge is -2.26. The molecule has 0 N–H and O–H groups in total. The normalized spacial score (nSPS) is 13.4. The predicted molar refractivity (Wildman–Crippen MR) is 59.0 cm³/mol. The average Bonchev–Trinajstić information content (AvgIpc) is 2.13. The Morgan fingerprint density at radius 2 is 2.14 bits per heavy atom. The highest BCUT2D eigenvalue weighted by Gasteiger charge is 2.19.